The summed E-state index contributed by atoms with van der Waals surface area (Å²) in [5.74, 6) is 2.09. The quantitative estimate of drug-likeness (QED) is 0.360. The van der Waals surface area contributed by atoms with Gasteiger partial charge in [-0.2, -0.15) is 0 Å². The van der Waals surface area contributed by atoms with Gasteiger partial charge in [-0.3, -0.25) is 4.79 Å². The summed E-state index contributed by atoms with van der Waals surface area (Å²) in [5, 5.41) is 1.11. The minimum Gasteiger partial charge on any atom is -0.494 e. The first-order valence-electron chi connectivity index (χ1n) is 12.9. The summed E-state index contributed by atoms with van der Waals surface area (Å²) in [6.45, 7) is 7.85. The lowest BCUT2D eigenvalue weighted by atomic mass is 9.89. The molecule has 5 nitrogen and oxygen atoms in total. The lowest BCUT2D eigenvalue weighted by Crippen LogP contribution is -2.27. The van der Waals surface area contributed by atoms with Crippen LogP contribution in [0.2, 0.25) is 0 Å². The summed E-state index contributed by atoms with van der Waals surface area (Å²) in [4.78, 5) is 19.2. The average molecular weight is 462 g/mol. The third kappa shape index (κ3) is 5.81. The number of ether oxygens (including phenoxy) is 1. The van der Waals surface area contributed by atoms with E-state index in [1.54, 1.807) is 4.90 Å². The van der Waals surface area contributed by atoms with Gasteiger partial charge in [-0.05, 0) is 61.4 Å². The molecule has 182 valence electrons. The molecule has 5 heteroatoms. The van der Waals surface area contributed by atoms with E-state index in [1.165, 1.54) is 43.4 Å². The van der Waals surface area contributed by atoms with Crippen LogP contribution in [0.1, 0.15) is 70.6 Å². The zero-order chi connectivity index (χ0) is 24.1. The van der Waals surface area contributed by atoms with E-state index in [0.717, 1.165) is 35.4 Å². The van der Waals surface area contributed by atoms with Crippen molar-refractivity contribution in [2.24, 2.45) is 11.8 Å². The van der Waals surface area contributed by atoms with Crippen LogP contribution in [0.3, 0.4) is 0 Å². The molecule has 1 saturated carbocycles. The van der Waals surface area contributed by atoms with Gasteiger partial charge in [0.2, 0.25) is 5.91 Å². The van der Waals surface area contributed by atoms with E-state index < -0.39 is 0 Å². The fourth-order valence-electron chi connectivity index (χ4n) is 5.06. The number of benzene rings is 1. The Kier molecular flexibility index (Phi) is 7.91. The number of nitrogens with zero attached hydrogens (tertiary/aromatic N) is 3. The molecular formula is C29H39N3O2. The van der Waals surface area contributed by atoms with Crippen molar-refractivity contribution in [3.63, 3.8) is 0 Å². The molecule has 0 saturated heterocycles. The molecule has 0 N–H and O–H groups in total. The number of carbonyl (C=O) groups is 1. The zero-order valence-corrected chi connectivity index (χ0v) is 21.2. The molecule has 4 rings (SSSR count). The molecule has 1 aliphatic rings. The predicted octanol–water partition coefficient (Wildman–Crippen LogP) is 6.62. The Balaban J connectivity index is 1.65. The molecule has 3 aromatic rings. The molecule has 0 radical (unpaired) electrons. The standard InChI is InChI=1S/C29H39N3O2/c1-5-34-27-13-11-22(12-14-27)16-25-17-24-18-26(31(4)28(33)15-21(2)3)19-30-29(24)32(25)20-23-9-7-6-8-10-23/h11-14,17-19,21,23H,5-10,15-16,20H2,1-4H3. The molecule has 34 heavy (non-hydrogen) atoms. The van der Waals surface area contributed by atoms with E-state index in [4.69, 9.17) is 9.72 Å². The highest BCUT2D eigenvalue weighted by Gasteiger charge is 2.20. The second-order valence-corrected chi connectivity index (χ2v) is 10.2. The Labute approximate surface area is 204 Å². The second-order valence-electron chi connectivity index (χ2n) is 10.2. The number of rotatable bonds is 9. The summed E-state index contributed by atoms with van der Waals surface area (Å²) in [5.41, 5.74) is 4.44. The Bertz CT molecular complexity index is 1090. The molecule has 2 heterocycles. The van der Waals surface area contributed by atoms with Crippen LogP contribution in [-0.2, 0) is 17.8 Å². The van der Waals surface area contributed by atoms with Crippen LogP contribution in [0.25, 0.3) is 11.0 Å². The minimum absolute atomic E-state index is 0.132. The van der Waals surface area contributed by atoms with Crippen LogP contribution in [0.5, 0.6) is 5.75 Å². The van der Waals surface area contributed by atoms with Crippen molar-refractivity contribution in [3.05, 3.63) is 53.9 Å². The van der Waals surface area contributed by atoms with Crippen molar-refractivity contribution in [3.8, 4) is 5.75 Å². The smallest absolute Gasteiger partial charge is 0.227 e. The second kappa shape index (κ2) is 11.1. The van der Waals surface area contributed by atoms with E-state index in [-0.39, 0.29) is 5.91 Å². The first kappa shape index (κ1) is 24.3. The Morgan fingerprint density at radius 1 is 1.15 bits per heavy atom. The normalized spacial score (nSPS) is 14.6. The molecular weight excluding hydrogens is 422 g/mol. The van der Waals surface area contributed by atoms with Crippen molar-refractivity contribution in [1.29, 1.82) is 0 Å². The predicted molar refractivity (Wildman–Crippen MR) is 140 cm³/mol. The molecule has 1 aromatic carbocycles. The first-order valence-corrected chi connectivity index (χ1v) is 12.9. The maximum Gasteiger partial charge on any atom is 0.227 e. The van der Waals surface area contributed by atoms with Crippen LogP contribution in [0.15, 0.2) is 42.6 Å². The average Bonchev–Trinajstić information content (AvgIpc) is 3.16. The molecule has 0 atom stereocenters. The van der Waals surface area contributed by atoms with Gasteiger partial charge < -0.3 is 14.2 Å². The van der Waals surface area contributed by atoms with Crippen molar-refractivity contribution < 1.29 is 9.53 Å². The van der Waals surface area contributed by atoms with Crippen LogP contribution in [0.4, 0.5) is 5.69 Å². The largest absolute Gasteiger partial charge is 0.494 e. The van der Waals surface area contributed by atoms with Gasteiger partial charge >= 0.3 is 0 Å². The lowest BCUT2D eigenvalue weighted by molar-refractivity contribution is -0.119. The van der Waals surface area contributed by atoms with E-state index in [0.29, 0.717) is 24.9 Å². The number of anilines is 1. The van der Waals surface area contributed by atoms with Gasteiger partial charge in [0.15, 0.2) is 0 Å². The minimum atomic E-state index is 0.132. The zero-order valence-electron chi connectivity index (χ0n) is 21.2. The third-order valence-corrected chi connectivity index (χ3v) is 6.93. The van der Waals surface area contributed by atoms with Crippen LogP contribution in [0, 0.1) is 11.8 Å². The van der Waals surface area contributed by atoms with Crippen molar-refractivity contribution in [1.82, 2.24) is 9.55 Å². The van der Waals surface area contributed by atoms with Crippen molar-refractivity contribution >= 4 is 22.6 Å². The van der Waals surface area contributed by atoms with Gasteiger partial charge in [0.05, 0.1) is 18.5 Å². The van der Waals surface area contributed by atoms with E-state index in [2.05, 4.69) is 54.8 Å². The number of aromatic nitrogens is 2. The fraction of sp³-hybridized carbons (Fsp3) is 0.517. The van der Waals surface area contributed by atoms with Crippen LogP contribution < -0.4 is 9.64 Å². The van der Waals surface area contributed by atoms with Gasteiger partial charge in [-0.25, -0.2) is 4.98 Å². The van der Waals surface area contributed by atoms with Crippen molar-refractivity contribution in [2.75, 3.05) is 18.6 Å². The number of fused-ring (bicyclic) bond motifs is 1. The van der Waals surface area contributed by atoms with E-state index in [1.807, 2.05) is 20.2 Å². The summed E-state index contributed by atoms with van der Waals surface area (Å²) in [7, 11) is 1.85. The molecule has 1 aliphatic carbocycles. The van der Waals surface area contributed by atoms with E-state index in [9.17, 15) is 4.79 Å². The monoisotopic (exact) mass is 461 g/mol. The molecule has 0 spiro atoms. The van der Waals surface area contributed by atoms with Gasteiger partial charge in [0, 0.05) is 37.5 Å². The highest BCUT2D eigenvalue weighted by Crippen LogP contribution is 2.30. The highest BCUT2D eigenvalue weighted by atomic mass is 16.5. The summed E-state index contributed by atoms with van der Waals surface area (Å²) >= 11 is 0. The van der Waals surface area contributed by atoms with Gasteiger partial charge in [0.25, 0.3) is 0 Å². The summed E-state index contributed by atoms with van der Waals surface area (Å²) in [6, 6.07) is 12.8. The molecule has 2 aromatic heterocycles. The molecule has 0 unspecified atom stereocenters. The Morgan fingerprint density at radius 3 is 2.56 bits per heavy atom. The fourth-order valence-corrected chi connectivity index (χ4v) is 5.06. The molecule has 1 fully saturated rings. The highest BCUT2D eigenvalue weighted by molar-refractivity contribution is 5.94. The molecule has 1 amide bonds. The number of pyridine rings is 1. The lowest BCUT2D eigenvalue weighted by Gasteiger charge is -2.23. The van der Waals surface area contributed by atoms with Crippen LogP contribution >= 0.6 is 0 Å². The maximum atomic E-state index is 12.6. The number of hydrogen-bond donors (Lipinski definition) is 0. The molecule has 0 aliphatic heterocycles. The molecule has 0 bridgehead atoms. The topological polar surface area (TPSA) is 47.4 Å². The maximum absolute atomic E-state index is 12.6. The van der Waals surface area contributed by atoms with Gasteiger partial charge in [-0.15, -0.1) is 0 Å². The first-order chi connectivity index (χ1) is 16.4. The Morgan fingerprint density at radius 2 is 1.88 bits per heavy atom. The summed E-state index contributed by atoms with van der Waals surface area (Å²) in [6.07, 6.45) is 9.88. The van der Waals surface area contributed by atoms with E-state index >= 15 is 0 Å². The van der Waals surface area contributed by atoms with Gasteiger partial charge in [-0.1, -0.05) is 45.2 Å². The number of amides is 1. The number of carbonyl (C=O) groups excluding carboxylic acids is 1. The summed E-state index contributed by atoms with van der Waals surface area (Å²) < 4.78 is 8.05. The SMILES string of the molecule is CCOc1ccc(Cc2cc3cc(N(C)C(=O)CC(C)C)cnc3n2CC2CCCCC2)cc1. The van der Waals surface area contributed by atoms with Crippen LogP contribution in [-0.4, -0.2) is 29.1 Å². The Hall–Kier alpha value is -2.82. The van der Waals surface area contributed by atoms with Crippen molar-refractivity contribution in [2.45, 2.75) is 72.3 Å². The number of hydrogen-bond acceptors (Lipinski definition) is 3. The van der Waals surface area contributed by atoms with Gasteiger partial charge in [0.1, 0.15) is 11.4 Å². The third-order valence-electron chi connectivity index (χ3n) is 6.93.